The molecule has 0 radical (unpaired) electrons. The molecule has 114 valence electrons. The van der Waals surface area contributed by atoms with Gasteiger partial charge in [0.1, 0.15) is 0 Å². The molecule has 2 rings (SSSR count). The summed E-state index contributed by atoms with van der Waals surface area (Å²) in [5.41, 5.74) is 1.87. The van der Waals surface area contributed by atoms with Crippen molar-refractivity contribution in [1.82, 2.24) is 0 Å². The molecule has 0 bridgehead atoms. The van der Waals surface area contributed by atoms with Crippen LogP contribution in [0.15, 0.2) is 36.4 Å². The zero-order chi connectivity index (χ0) is 15.3. The third kappa shape index (κ3) is 4.84. The maximum atomic E-state index is 12.2. The third-order valence-corrected chi connectivity index (χ3v) is 4.25. The number of ketones is 1. The number of hydrogen-bond acceptors (Lipinski definition) is 1. The fraction of sp³-hybridized carbons (Fsp3) is 0.550. The Labute approximate surface area is 129 Å². The van der Waals surface area contributed by atoms with Crippen molar-refractivity contribution in [3.05, 3.63) is 47.5 Å². The molecule has 1 aliphatic rings. The second kappa shape index (κ2) is 7.06. The molecule has 0 saturated carbocycles. The highest BCUT2D eigenvalue weighted by Gasteiger charge is 2.22. The van der Waals surface area contributed by atoms with Crippen LogP contribution in [0.2, 0.25) is 0 Å². The molecular weight excluding hydrogens is 256 g/mol. The second-order valence-electron chi connectivity index (χ2n) is 7.31. The zero-order valence-corrected chi connectivity index (χ0v) is 13.7. The van der Waals surface area contributed by atoms with Gasteiger partial charge >= 0.3 is 0 Å². The van der Waals surface area contributed by atoms with Gasteiger partial charge in [0, 0.05) is 11.0 Å². The number of hydrogen-bond donors (Lipinski definition) is 0. The second-order valence-corrected chi connectivity index (χ2v) is 7.31. The van der Waals surface area contributed by atoms with E-state index in [9.17, 15) is 4.79 Å². The van der Waals surface area contributed by atoms with Crippen molar-refractivity contribution in [2.24, 2.45) is 11.3 Å². The lowest BCUT2D eigenvalue weighted by atomic mass is 9.85. The molecule has 1 aromatic rings. The molecule has 0 fully saturated rings. The van der Waals surface area contributed by atoms with E-state index in [2.05, 4.69) is 24.3 Å². The first-order chi connectivity index (χ1) is 9.97. The summed E-state index contributed by atoms with van der Waals surface area (Å²) >= 11 is 0. The molecule has 1 aromatic carbocycles. The van der Waals surface area contributed by atoms with Gasteiger partial charge < -0.3 is 0 Å². The molecule has 1 atom stereocenters. The van der Waals surface area contributed by atoms with Gasteiger partial charge in [-0.15, -0.1) is 0 Å². The van der Waals surface area contributed by atoms with Crippen LogP contribution in [0.4, 0.5) is 0 Å². The summed E-state index contributed by atoms with van der Waals surface area (Å²) in [6, 6.07) is 8.25. The van der Waals surface area contributed by atoms with Gasteiger partial charge in [0.25, 0.3) is 0 Å². The molecular formula is C20H28O. The third-order valence-electron chi connectivity index (χ3n) is 4.25. The van der Waals surface area contributed by atoms with Crippen molar-refractivity contribution in [1.29, 1.82) is 0 Å². The zero-order valence-electron chi connectivity index (χ0n) is 13.7. The smallest absolute Gasteiger partial charge is 0.168 e. The molecule has 0 saturated heterocycles. The van der Waals surface area contributed by atoms with Crippen LogP contribution in [0.1, 0.15) is 68.8 Å². The molecule has 1 unspecified atom stereocenters. The molecule has 1 heteroatoms. The van der Waals surface area contributed by atoms with Crippen molar-refractivity contribution < 1.29 is 4.79 Å². The molecule has 0 N–H and O–H groups in total. The quantitative estimate of drug-likeness (QED) is 0.522. The molecule has 1 nitrogen and oxygen atoms in total. The van der Waals surface area contributed by atoms with E-state index >= 15 is 0 Å². The standard InChI is InChI=1S/C20H28O/c1-20(2,3)19(21)18-13-11-17(12-14-18)15-16-9-7-5-4-6-8-10-16/h7,9,11-14,16H,4-6,8,10,15H2,1-3H3/b9-7-. The number of Topliss-reactive ketones (excluding diaryl/α,β-unsaturated/α-hetero) is 1. The van der Waals surface area contributed by atoms with E-state index in [0.29, 0.717) is 5.92 Å². The van der Waals surface area contributed by atoms with E-state index in [-0.39, 0.29) is 11.2 Å². The minimum Gasteiger partial charge on any atom is -0.294 e. The molecule has 1 aliphatic carbocycles. The van der Waals surface area contributed by atoms with Crippen LogP contribution in [-0.4, -0.2) is 5.78 Å². The number of rotatable bonds is 3. The molecule has 21 heavy (non-hydrogen) atoms. The fourth-order valence-corrected chi connectivity index (χ4v) is 2.93. The minimum absolute atomic E-state index is 0.222. The Morgan fingerprint density at radius 2 is 1.81 bits per heavy atom. The van der Waals surface area contributed by atoms with Crippen molar-refractivity contribution in [2.75, 3.05) is 0 Å². The van der Waals surface area contributed by atoms with Crippen molar-refractivity contribution in [2.45, 2.75) is 59.3 Å². The topological polar surface area (TPSA) is 17.1 Å². The van der Waals surface area contributed by atoms with Crippen LogP contribution in [0, 0.1) is 11.3 Å². The summed E-state index contributed by atoms with van der Waals surface area (Å²) < 4.78 is 0. The highest BCUT2D eigenvalue weighted by atomic mass is 16.1. The summed E-state index contributed by atoms with van der Waals surface area (Å²) in [6.45, 7) is 5.92. The summed E-state index contributed by atoms with van der Waals surface area (Å²) in [7, 11) is 0. The van der Waals surface area contributed by atoms with Crippen molar-refractivity contribution in [3.8, 4) is 0 Å². The van der Waals surface area contributed by atoms with E-state index in [1.165, 1.54) is 37.7 Å². The lowest BCUT2D eigenvalue weighted by molar-refractivity contribution is 0.0858. The lowest BCUT2D eigenvalue weighted by Crippen LogP contribution is -2.20. The maximum absolute atomic E-state index is 12.2. The van der Waals surface area contributed by atoms with Gasteiger partial charge in [-0.2, -0.15) is 0 Å². The highest BCUT2D eigenvalue weighted by Crippen LogP contribution is 2.23. The van der Waals surface area contributed by atoms with Gasteiger partial charge in [-0.05, 0) is 37.2 Å². The van der Waals surface area contributed by atoms with Crippen molar-refractivity contribution in [3.63, 3.8) is 0 Å². The Morgan fingerprint density at radius 1 is 1.10 bits per heavy atom. The van der Waals surface area contributed by atoms with E-state index in [4.69, 9.17) is 0 Å². The average molecular weight is 284 g/mol. The highest BCUT2D eigenvalue weighted by molar-refractivity contribution is 5.99. The monoisotopic (exact) mass is 284 g/mol. The average Bonchev–Trinajstić information content (AvgIpc) is 2.41. The normalized spacial score (nSPS) is 21.4. The fourth-order valence-electron chi connectivity index (χ4n) is 2.93. The van der Waals surface area contributed by atoms with E-state index in [0.717, 1.165) is 12.0 Å². The van der Waals surface area contributed by atoms with Gasteiger partial charge in [0.05, 0.1) is 0 Å². The van der Waals surface area contributed by atoms with Gasteiger partial charge in [0.2, 0.25) is 0 Å². The van der Waals surface area contributed by atoms with Gasteiger partial charge in [-0.25, -0.2) is 0 Å². The van der Waals surface area contributed by atoms with Crippen molar-refractivity contribution >= 4 is 5.78 Å². The van der Waals surface area contributed by atoms with Crippen LogP contribution in [0.25, 0.3) is 0 Å². The molecule has 0 spiro atoms. The van der Waals surface area contributed by atoms with Crippen LogP contribution in [-0.2, 0) is 6.42 Å². The predicted molar refractivity (Wildman–Crippen MR) is 89.6 cm³/mol. The SMILES string of the molecule is CC(C)(C)C(=O)c1ccc(CC2/C=C\CCCCC2)cc1. The summed E-state index contributed by atoms with van der Waals surface area (Å²) in [5, 5.41) is 0. The minimum atomic E-state index is -0.302. The van der Waals surface area contributed by atoms with Crippen LogP contribution < -0.4 is 0 Å². The number of carbonyl (C=O) groups is 1. The molecule has 0 aliphatic heterocycles. The van der Waals surface area contributed by atoms with E-state index in [1.807, 2.05) is 32.9 Å². The summed E-state index contributed by atoms with van der Waals surface area (Å²) in [6.07, 6.45) is 12.4. The Morgan fingerprint density at radius 3 is 2.48 bits per heavy atom. The Kier molecular flexibility index (Phi) is 5.39. The maximum Gasteiger partial charge on any atom is 0.168 e. The molecule has 0 heterocycles. The van der Waals surface area contributed by atoms with Crippen LogP contribution in [0.3, 0.4) is 0 Å². The summed E-state index contributed by atoms with van der Waals surface area (Å²) in [4.78, 5) is 12.2. The van der Waals surface area contributed by atoms with Crippen LogP contribution in [0.5, 0.6) is 0 Å². The van der Waals surface area contributed by atoms with E-state index in [1.54, 1.807) is 0 Å². The van der Waals surface area contributed by atoms with Gasteiger partial charge in [-0.3, -0.25) is 4.79 Å². The number of allylic oxidation sites excluding steroid dienone is 2. The van der Waals surface area contributed by atoms with Gasteiger partial charge in [-0.1, -0.05) is 70.0 Å². The number of carbonyl (C=O) groups excluding carboxylic acids is 1. The Bertz CT molecular complexity index is 488. The molecule has 0 amide bonds. The van der Waals surface area contributed by atoms with Gasteiger partial charge in [0.15, 0.2) is 5.78 Å². The predicted octanol–water partition coefficient (Wildman–Crippen LogP) is 5.59. The van der Waals surface area contributed by atoms with E-state index < -0.39 is 0 Å². The Hall–Kier alpha value is -1.37. The summed E-state index contributed by atoms with van der Waals surface area (Å²) in [5.74, 6) is 0.884. The first-order valence-electron chi connectivity index (χ1n) is 8.27. The Balaban J connectivity index is 2.02. The molecule has 0 aromatic heterocycles. The first kappa shape index (κ1) is 16.0. The first-order valence-corrected chi connectivity index (χ1v) is 8.27. The van der Waals surface area contributed by atoms with Crippen LogP contribution >= 0.6 is 0 Å². The number of benzene rings is 1. The lowest BCUT2D eigenvalue weighted by Gasteiger charge is -2.18. The largest absolute Gasteiger partial charge is 0.294 e.